The van der Waals surface area contributed by atoms with E-state index in [-0.39, 0.29) is 5.91 Å². The molecule has 0 aromatic carbocycles. The highest BCUT2D eigenvalue weighted by Gasteiger charge is 2.26. The van der Waals surface area contributed by atoms with E-state index >= 15 is 0 Å². The molecule has 25 heavy (non-hydrogen) atoms. The van der Waals surface area contributed by atoms with E-state index in [1.165, 1.54) is 6.42 Å². The normalized spacial score (nSPS) is 21.9. The molecule has 0 saturated carbocycles. The average Bonchev–Trinajstić information content (AvgIpc) is 2.63. The number of hydrogen-bond acceptors (Lipinski definition) is 4. The molecule has 1 amide bonds. The van der Waals surface area contributed by atoms with Crippen LogP contribution >= 0.6 is 0 Å². The van der Waals surface area contributed by atoms with Crippen LogP contribution in [-0.2, 0) is 4.79 Å². The van der Waals surface area contributed by atoms with Gasteiger partial charge < -0.3 is 9.80 Å². The number of piperidine rings is 1. The van der Waals surface area contributed by atoms with E-state index in [9.17, 15) is 4.79 Å². The van der Waals surface area contributed by atoms with Crippen LogP contribution in [0, 0.1) is 5.92 Å². The van der Waals surface area contributed by atoms with Crippen molar-refractivity contribution in [3.05, 3.63) is 36.0 Å². The van der Waals surface area contributed by atoms with Gasteiger partial charge >= 0.3 is 0 Å². The molecule has 0 bridgehead atoms. The molecule has 1 aromatic rings. The number of carbonyl (C=O) groups is 1. The van der Waals surface area contributed by atoms with E-state index in [4.69, 9.17) is 0 Å². The summed E-state index contributed by atoms with van der Waals surface area (Å²) < 4.78 is 0. The van der Waals surface area contributed by atoms with Gasteiger partial charge in [0.15, 0.2) is 0 Å². The van der Waals surface area contributed by atoms with Gasteiger partial charge in [0.2, 0.25) is 5.91 Å². The van der Waals surface area contributed by atoms with Gasteiger partial charge in [-0.2, -0.15) is 0 Å². The zero-order chi connectivity index (χ0) is 17.6. The predicted octanol–water partition coefficient (Wildman–Crippen LogP) is 2.41. The van der Waals surface area contributed by atoms with Gasteiger partial charge in [0.25, 0.3) is 0 Å². The first-order valence-corrected chi connectivity index (χ1v) is 9.44. The van der Waals surface area contributed by atoms with Gasteiger partial charge in [-0.15, -0.1) is 0 Å². The lowest BCUT2D eigenvalue weighted by atomic mass is 9.97. The third-order valence-electron chi connectivity index (χ3n) is 5.10. The number of carbonyl (C=O) groups excluding carboxylic acids is 1. The molecule has 1 aromatic heterocycles. The number of nitrogens with zero attached hydrogens (tertiary/aromatic N) is 4. The summed E-state index contributed by atoms with van der Waals surface area (Å²) in [5, 5.41) is 0. The SMILES string of the molecule is CC(C)=CC(=O)N1CCCC(CN2CCN(c3ccccn3)CC2)C1. The van der Waals surface area contributed by atoms with E-state index in [1.807, 2.05) is 31.0 Å². The van der Waals surface area contributed by atoms with Crippen LogP contribution in [0.3, 0.4) is 0 Å². The second-order valence-electron chi connectivity index (χ2n) is 7.49. The molecular formula is C20H30N4O. The number of aromatic nitrogens is 1. The van der Waals surface area contributed by atoms with E-state index in [1.54, 1.807) is 6.08 Å². The van der Waals surface area contributed by atoms with Crippen molar-refractivity contribution in [3.63, 3.8) is 0 Å². The molecule has 0 radical (unpaired) electrons. The Morgan fingerprint density at radius 1 is 1.20 bits per heavy atom. The van der Waals surface area contributed by atoms with Gasteiger partial charge in [-0.05, 0) is 44.7 Å². The minimum absolute atomic E-state index is 0.185. The molecule has 2 fully saturated rings. The molecule has 3 heterocycles. The number of anilines is 1. The van der Waals surface area contributed by atoms with Crippen LogP contribution in [0.2, 0.25) is 0 Å². The first kappa shape index (κ1) is 17.9. The summed E-state index contributed by atoms with van der Waals surface area (Å²) in [7, 11) is 0. The topological polar surface area (TPSA) is 39.7 Å². The van der Waals surface area contributed by atoms with Crippen LogP contribution in [0.15, 0.2) is 36.0 Å². The zero-order valence-corrected chi connectivity index (χ0v) is 15.5. The van der Waals surface area contributed by atoms with E-state index in [0.717, 1.165) is 63.6 Å². The van der Waals surface area contributed by atoms with Gasteiger partial charge in [-0.25, -0.2) is 4.98 Å². The van der Waals surface area contributed by atoms with Crippen molar-refractivity contribution in [2.75, 3.05) is 50.7 Å². The van der Waals surface area contributed by atoms with Crippen molar-refractivity contribution in [3.8, 4) is 0 Å². The molecule has 2 aliphatic rings. The van der Waals surface area contributed by atoms with Crippen LogP contribution in [-0.4, -0.2) is 66.5 Å². The monoisotopic (exact) mass is 342 g/mol. The fourth-order valence-electron chi connectivity index (χ4n) is 3.82. The molecule has 0 spiro atoms. The molecule has 2 aliphatic heterocycles. The van der Waals surface area contributed by atoms with Crippen molar-refractivity contribution in [2.24, 2.45) is 5.92 Å². The quantitative estimate of drug-likeness (QED) is 0.788. The van der Waals surface area contributed by atoms with Gasteiger partial charge in [0, 0.05) is 58.1 Å². The summed E-state index contributed by atoms with van der Waals surface area (Å²) in [4.78, 5) is 23.7. The van der Waals surface area contributed by atoms with Crippen molar-refractivity contribution in [2.45, 2.75) is 26.7 Å². The predicted molar refractivity (Wildman–Crippen MR) is 102 cm³/mol. The molecule has 1 atom stereocenters. The Kier molecular flexibility index (Phi) is 6.08. The third-order valence-corrected chi connectivity index (χ3v) is 5.10. The van der Waals surface area contributed by atoms with Crippen molar-refractivity contribution in [1.29, 1.82) is 0 Å². The van der Waals surface area contributed by atoms with Crippen molar-refractivity contribution >= 4 is 11.7 Å². The maximum Gasteiger partial charge on any atom is 0.246 e. The third kappa shape index (κ3) is 5.05. The molecule has 2 saturated heterocycles. The smallest absolute Gasteiger partial charge is 0.246 e. The van der Waals surface area contributed by atoms with Crippen LogP contribution in [0.5, 0.6) is 0 Å². The van der Waals surface area contributed by atoms with Gasteiger partial charge in [0.05, 0.1) is 0 Å². The number of amides is 1. The first-order chi connectivity index (χ1) is 12.1. The number of rotatable bonds is 4. The summed E-state index contributed by atoms with van der Waals surface area (Å²) in [6, 6.07) is 6.10. The van der Waals surface area contributed by atoms with Crippen LogP contribution in [0.25, 0.3) is 0 Å². The highest BCUT2D eigenvalue weighted by Crippen LogP contribution is 2.20. The Bertz CT molecular complexity index is 589. The van der Waals surface area contributed by atoms with Gasteiger partial charge in [-0.1, -0.05) is 11.6 Å². The zero-order valence-electron chi connectivity index (χ0n) is 15.5. The average molecular weight is 342 g/mol. The minimum Gasteiger partial charge on any atom is -0.354 e. The highest BCUT2D eigenvalue weighted by atomic mass is 16.2. The van der Waals surface area contributed by atoms with E-state index < -0.39 is 0 Å². The van der Waals surface area contributed by atoms with Crippen molar-refractivity contribution < 1.29 is 4.79 Å². The van der Waals surface area contributed by atoms with Gasteiger partial charge in [-0.3, -0.25) is 9.69 Å². The maximum atomic E-state index is 12.3. The Hall–Kier alpha value is -1.88. The number of likely N-dealkylation sites (tertiary alicyclic amines) is 1. The summed E-state index contributed by atoms with van der Waals surface area (Å²) in [6.45, 7) is 11.1. The summed E-state index contributed by atoms with van der Waals surface area (Å²) in [5.74, 6) is 1.87. The Morgan fingerprint density at radius 2 is 2.00 bits per heavy atom. The molecule has 3 rings (SSSR count). The van der Waals surface area contributed by atoms with Crippen LogP contribution in [0.1, 0.15) is 26.7 Å². The minimum atomic E-state index is 0.185. The summed E-state index contributed by atoms with van der Waals surface area (Å²) in [6.07, 6.45) is 6.00. The second kappa shape index (κ2) is 8.48. The Morgan fingerprint density at radius 3 is 2.68 bits per heavy atom. The Balaban J connectivity index is 1.47. The molecule has 5 heteroatoms. The van der Waals surface area contributed by atoms with Gasteiger partial charge in [0.1, 0.15) is 5.82 Å². The lowest BCUT2D eigenvalue weighted by molar-refractivity contribution is -0.128. The first-order valence-electron chi connectivity index (χ1n) is 9.44. The van der Waals surface area contributed by atoms with Crippen LogP contribution in [0.4, 0.5) is 5.82 Å². The molecule has 1 unspecified atom stereocenters. The highest BCUT2D eigenvalue weighted by molar-refractivity contribution is 5.88. The number of pyridine rings is 1. The summed E-state index contributed by atoms with van der Waals surface area (Å²) >= 11 is 0. The van der Waals surface area contributed by atoms with Crippen LogP contribution < -0.4 is 4.90 Å². The summed E-state index contributed by atoms with van der Waals surface area (Å²) in [5.41, 5.74) is 1.08. The number of allylic oxidation sites excluding steroid dienone is 1. The lowest BCUT2D eigenvalue weighted by Crippen LogP contribution is -2.50. The molecular weight excluding hydrogens is 312 g/mol. The fourth-order valence-corrected chi connectivity index (χ4v) is 3.82. The Labute approximate surface area is 151 Å². The fraction of sp³-hybridized carbons (Fsp3) is 0.600. The second-order valence-corrected chi connectivity index (χ2v) is 7.49. The standard InChI is InChI=1S/C20H30N4O/c1-17(2)14-20(25)24-9-5-6-18(16-24)15-22-10-12-23(13-11-22)19-7-3-4-8-21-19/h3-4,7-8,14,18H,5-6,9-13,15-16H2,1-2H3. The largest absolute Gasteiger partial charge is 0.354 e. The molecule has 0 aliphatic carbocycles. The number of piperazine rings is 1. The van der Waals surface area contributed by atoms with E-state index in [0.29, 0.717) is 5.92 Å². The molecule has 0 N–H and O–H groups in total. The maximum absolute atomic E-state index is 12.3. The van der Waals surface area contributed by atoms with E-state index in [2.05, 4.69) is 26.9 Å². The molecule has 5 nitrogen and oxygen atoms in total. The molecule has 136 valence electrons. The van der Waals surface area contributed by atoms with Crippen molar-refractivity contribution in [1.82, 2.24) is 14.8 Å². The lowest BCUT2D eigenvalue weighted by Gasteiger charge is -2.39. The number of hydrogen-bond donors (Lipinski definition) is 0.